The number of ether oxygens (including phenoxy) is 1. The number of anilines is 2. The first-order valence-corrected chi connectivity index (χ1v) is 10.9. The first-order valence-electron chi connectivity index (χ1n) is 10.9. The van der Waals surface area contributed by atoms with Crippen LogP contribution in [0.15, 0.2) is 48.5 Å². The highest BCUT2D eigenvalue weighted by atomic mass is 16.5. The van der Waals surface area contributed by atoms with E-state index in [-0.39, 0.29) is 18.4 Å². The molecule has 0 saturated heterocycles. The number of carbonyl (C=O) groups is 2. The first-order chi connectivity index (χ1) is 15.2. The van der Waals surface area contributed by atoms with Crippen molar-refractivity contribution in [3.8, 4) is 0 Å². The number of fused-ring (bicyclic) bond motifs is 2. The fourth-order valence-corrected chi connectivity index (χ4v) is 4.03. The lowest BCUT2D eigenvalue weighted by molar-refractivity contribution is -0.121. The van der Waals surface area contributed by atoms with Crippen LogP contribution in [0, 0.1) is 0 Å². The maximum atomic E-state index is 13.0. The van der Waals surface area contributed by atoms with Gasteiger partial charge in [0.15, 0.2) is 0 Å². The van der Waals surface area contributed by atoms with E-state index in [4.69, 9.17) is 4.74 Å². The summed E-state index contributed by atoms with van der Waals surface area (Å²) in [6.07, 6.45) is 2.90. The van der Waals surface area contributed by atoms with Crippen molar-refractivity contribution < 1.29 is 14.3 Å². The van der Waals surface area contributed by atoms with Gasteiger partial charge in [-0.2, -0.15) is 0 Å². The minimum Gasteiger partial charge on any atom is -0.382 e. The topological polar surface area (TPSA) is 76.5 Å². The summed E-state index contributed by atoms with van der Waals surface area (Å²) < 4.78 is 7.46. The van der Waals surface area contributed by atoms with Gasteiger partial charge in [-0.3, -0.25) is 14.9 Å². The SMILES string of the molecule is CCOCCCn1c(NC(=O)CN2C(=O)CCCc3ccccc32)nc2ccccc21. The van der Waals surface area contributed by atoms with E-state index in [9.17, 15) is 9.59 Å². The van der Waals surface area contributed by atoms with Gasteiger partial charge in [-0.25, -0.2) is 4.98 Å². The molecule has 2 heterocycles. The molecule has 0 radical (unpaired) electrons. The normalized spacial score (nSPS) is 13.8. The third-order valence-electron chi connectivity index (χ3n) is 5.50. The van der Waals surface area contributed by atoms with E-state index >= 15 is 0 Å². The average molecular weight is 421 g/mol. The molecule has 0 bridgehead atoms. The number of carbonyl (C=O) groups excluding carboxylic acids is 2. The third-order valence-corrected chi connectivity index (χ3v) is 5.50. The highest BCUT2D eigenvalue weighted by Gasteiger charge is 2.24. The van der Waals surface area contributed by atoms with Crippen LogP contribution in [0.5, 0.6) is 0 Å². The number of rotatable bonds is 8. The largest absolute Gasteiger partial charge is 0.382 e. The van der Waals surface area contributed by atoms with Gasteiger partial charge in [0.05, 0.1) is 11.0 Å². The molecule has 0 spiro atoms. The molecule has 0 saturated carbocycles. The molecule has 0 aliphatic carbocycles. The van der Waals surface area contributed by atoms with Crippen LogP contribution in [0.4, 0.5) is 11.6 Å². The van der Waals surface area contributed by atoms with Crippen LogP contribution in [-0.4, -0.2) is 41.1 Å². The Morgan fingerprint density at radius 1 is 1.13 bits per heavy atom. The van der Waals surface area contributed by atoms with Crippen LogP contribution in [0.25, 0.3) is 11.0 Å². The summed E-state index contributed by atoms with van der Waals surface area (Å²) in [5.41, 5.74) is 3.71. The van der Waals surface area contributed by atoms with Gasteiger partial charge in [-0.1, -0.05) is 30.3 Å². The Hall–Kier alpha value is -3.19. The van der Waals surface area contributed by atoms with Crippen LogP contribution in [0.1, 0.15) is 31.7 Å². The molecule has 1 aliphatic heterocycles. The first kappa shape index (κ1) is 21.1. The zero-order valence-corrected chi connectivity index (χ0v) is 17.8. The quantitative estimate of drug-likeness (QED) is 0.563. The Kier molecular flexibility index (Phi) is 6.62. The van der Waals surface area contributed by atoms with Crippen LogP contribution in [-0.2, 0) is 27.3 Å². The minimum absolute atomic E-state index is 0.0229. The maximum Gasteiger partial charge on any atom is 0.246 e. The van der Waals surface area contributed by atoms with Crippen molar-refractivity contribution in [1.82, 2.24) is 9.55 Å². The van der Waals surface area contributed by atoms with E-state index in [1.165, 1.54) is 0 Å². The van der Waals surface area contributed by atoms with Crippen LogP contribution in [0.2, 0.25) is 0 Å². The molecule has 7 nitrogen and oxygen atoms in total. The number of amides is 2. The number of hydrogen-bond donors (Lipinski definition) is 1. The lowest BCUT2D eigenvalue weighted by atomic mass is 10.1. The molecular formula is C24H28N4O3. The van der Waals surface area contributed by atoms with Gasteiger partial charge in [-0.15, -0.1) is 0 Å². The Balaban J connectivity index is 1.54. The van der Waals surface area contributed by atoms with Crippen molar-refractivity contribution in [2.75, 3.05) is 30.0 Å². The molecule has 1 N–H and O–H groups in total. The summed E-state index contributed by atoms with van der Waals surface area (Å²) in [5.74, 6) is 0.218. The van der Waals surface area contributed by atoms with E-state index in [0.29, 0.717) is 32.1 Å². The van der Waals surface area contributed by atoms with E-state index in [0.717, 1.165) is 41.5 Å². The second-order valence-corrected chi connectivity index (χ2v) is 7.64. The smallest absolute Gasteiger partial charge is 0.246 e. The predicted octanol–water partition coefficient (Wildman–Crippen LogP) is 3.77. The Morgan fingerprint density at radius 3 is 2.81 bits per heavy atom. The summed E-state index contributed by atoms with van der Waals surface area (Å²) in [7, 11) is 0. The average Bonchev–Trinajstić information content (AvgIpc) is 3.03. The summed E-state index contributed by atoms with van der Waals surface area (Å²) in [6.45, 7) is 3.95. The van der Waals surface area contributed by atoms with Gasteiger partial charge < -0.3 is 14.2 Å². The Bertz CT molecular complexity index is 1080. The van der Waals surface area contributed by atoms with E-state index in [1.54, 1.807) is 4.90 Å². The predicted molar refractivity (Wildman–Crippen MR) is 121 cm³/mol. The monoisotopic (exact) mass is 420 g/mol. The van der Waals surface area contributed by atoms with Crippen molar-refractivity contribution in [3.05, 3.63) is 54.1 Å². The molecule has 1 aromatic heterocycles. The Morgan fingerprint density at radius 2 is 1.94 bits per heavy atom. The van der Waals surface area contributed by atoms with Gasteiger partial charge in [-0.05, 0) is 49.9 Å². The van der Waals surface area contributed by atoms with Gasteiger partial charge in [0.2, 0.25) is 17.8 Å². The number of para-hydroxylation sites is 3. The zero-order valence-electron chi connectivity index (χ0n) is 17.8. The second-order valence-electron chi connectivity index (χ2n) is 7.64. The van der Waals surface area contributed by atoms with Crippen molar-refractivity contribution in [3.63, 3.8) is 0 Å². The van der Waals surface area contributed by atoms with Crippen molar-refractivity contribution in [2.45, 2.75) is 39.2 Å². The number of benzene rings is 2. The van der Waals surface area contributed by atoms with E-state index < -0.39 is 0 Å². The molecule has 7 heteroatoms. The van der Waals surface area contributed by atoms with E-state index in [2.05, 4.69) is 10.3 Å². The summed E-state index contributed by atoms with van der Waals surface area (Å²) in [6, 6.07) is 15.6. The second kappa shape index (κ2) is 9.75. The van der Waals surface area contributed by atoms with Crippen molar-refractivity contribution in [1.29, 1.82) is 0 Å². The summed E-state index contributed by atoms with van der Waals surface area (Å²) >= 11 is 0. The van der Waals surface area contributed by atoms with Gasteiger partial charge in [0, 0.05) is 31.9 Å². The molecule has 31 heavy (non-hydrogen) atoms. The number of nitrogens with one attached hydrogen (secondary N) is 1. The molecule has 0 unspecified atom stereocenters. The summed E-state index contributed by atoms with van der Waals surface area (Å²) in [4.78, 5) is 31.9. The lowest BCUT2D eigenvalue weighted by Crippen LogP contribution is -2.38. The maximum absolute atomic E-state index is 13.0. The molecule has 162 valence electrons. The zero-order chi connectivity index (χ0) is 21.6. The summed E-state index contributed by atoms with van der Waals surface area (Å²) in [5, 5.41) is 2.94. The van der Waals surface area contributed by atoms with Gasteiger partial charge in [0.1, 0.15) is 6.54 Å². The molecule has 3 aromatic rings. The molecule has 2 aromatic carbocycles. The van der Waals surface area contributed by atoms with Crippen LogP contribution >= 0.6 is 0 Å². The standard InChI is InChI=1S/C24H28N4O3/c1-2-31-16-8-15-27-21-13-6-4-11-19(21)25-24(27)26-22(29)17-28-20-12-5-3-9-18(20)10-7-14-23(28)30/h3-6,9,11-13H,2,7-8,10,14-17H2,1H3,(H,25,26,29). The molecule has 0 fully saturated rings. The molecular weight excluding hydrogens is 392 g/mol. The number of imidazole rings is 1. The highest BCUT2D eigenvalue weighted by Crippen LogP contribution is 2.27. The Labute approximate surface area is 182 Å². The third kappa shape index (κ3) is 4.77. The van der Waals surface area contributed by atoms with Crippen molar-refractivity contribution >= 4 is 34.5 Å². The van der Waals surface area contributed by atoms with Gasteiger partial charge in [0.25, 0.3) is 0 Å². The van der Waals surface area contributed by atoms with Crippen LogP contribution < -0.4 is 10.2 Å². The fraction of sp³-hybridized carbons (Fsp3) is 0.375. The number of aryl methyl sites for hydroxylation is 2. The van der Waals surface area contributed by atoms with Gasteiger partial charge >= 0.3 is 0 Å². The fourth-order valence-electron chi connectivity index (χ4n) is 4.03. The van der Waals surface area contributed by atoms with E-state index in [1.807, 2.05) is 60.0 Å². The minimum atomic E-state index is -0.258. The molecule has 4 rings (SSSR count). The van der Waals surface area contributed by atoms with Crippen molar-refractivity contribution in [2.24, 2.45) is 0 Å². The molecule has 0 atom stereocenters. The molecule has 2 amide bonds. The van der Waals surface area contributed by atoms with Crippen LogP contribution in [0.3, 0.4) is 0 Å². The highest BCUT2D eigenvalue weighted by molar-refractivity contribution is 6.03. The lowest BCUT2D eigenvalue weighted by Gasteiger charge is -2.22. The number of hydrogen-bond acceptors (Lipinski definition) is 4. The number of nitrogens with zero attached hydrogens (tertiary/aromatic N) is 3. The number of aromatic nitrogens is 2. The molecule has 1 aliphatic rings.